The van der Waals surface area contributed by atoms with Gasteiger partial charge in [-0.3, -0.25) is 9.59 Å². The molecule has 0 unspecified atom stereocenters. The zero-order valence-corrected chi connectivity index (χ0v) is 21.8. The molecule has 1 saturated heterocycles. The van der Waals surface area contributed by atoms with E-state index in [1.165, 1.54) is 12.3 Å². The van der Waals surface area contributed by atoms with Crippen molar-refractivity contribution in [1.82, 2.24) is 20.2 Å². The molecule has 2 atom stereocenters. The van der Waals surface area contributed by atoms with Gasteiger partial charge >= 0.3 is 6.18 Å². The Kier molecular flexibility index (Phi) is 8.29. The van der Waals surface area contributed by atoms with Crippen molar-refractivity contribution >= 4 is 29.0 Å². The van der Waals surface area contributed by atoms with Crippen LogP contribution in [0.4, 0.5) is 19.0 Å². The molecule has 2 amide bonds. The Morgan fingerprint density at radius 2 is 2.00 bits per heavy atom. The first-order valence-corrected chi connectivity index (χ1v) is 12.6. The van der Waals surface area contributed by atoms with Gasteiger partial charge in [0.15, 0.2) is 5.01 Å². The number of alkyl halides is 3. The second-order valence-electron chi connectivity index (χ2n) is 9.83. The first-order valence-electron chi connectivity index (χ1n) is 11.8. The quantitative estimate of drug-likeness (QED) is 0.493. The lowest BCUT2D eigenvalue weighted by Gasteiger charge is -2.33. The van der Waals surface area contributed by atoms with E-state index in [9.17, 15) is 27.9 Å². The number of pyridine rings is 1. The summed E-state index contributed by atoms with van der Waals surface area (Å²) in [5, 5.41) is 14.9. The number of carbonyl (C=O) groups is 2. The molecule has 12 heteroatoms. The van der Waals surface area contributed by atoms with Gasteiger partial charge in [0.1, 0.15) is 17.6 Å². The number of nitrogens with zero attached hydrogens (tertiary/aromatic N) is 3. The van der Waals surface area contributed by atoms with E-state index in [1.807, 2.05) is 6.92 Å². The summed E-state index contributed by atoms with van der Waals surface area (Å²) in [6, 6.07) is -0.298. The first-order chi connectivity index (χ1) is 16.7. The molecule has 3 rings (SSSR count). The topological polar surface area (TPSA) is 107 Å². The standard InChI is InChI=1S/C24H32F3N5O3S/c1-13-10-17(30-15(3)24(25,26)27)28-11-16(13)19-18(22(34)32-9-7-6-8-14(32)2)31-21(36-19)20(33)29-12-23(4,5)35/h10-11,14-15,35H,6-9,12H2,1-5H3,(H,28,30)(H,29,33)/t14-,15+/m0/s1. The van der Waals surface area contributed by atoms with E-state index in [0.29, 0.717) is 22.5 Å². The van der Waals surface area contributed by atoms with Gasteiger partial charge in [-0.2, -0.15) is 13.2 Å². The number of carbonyl (C=O) groups excluding carboxylic acids is 2. The maximum Gasteiger partial charge on any atom is 0.408 e. The van der Waals surface area contributed by atoms with Crippen LogP contribution in [0.15, 0.2) is 12.3 Å². The summed E-state index contributed by atoms with van der Waals surface area (Å²) in [5.41, 5.74) is 0.0625. The normalized spacial score (nSPS) is 17.6. The molecule has 0 aromatic carbocycles. The van der Waals surface area contributed by atoms with Crippen LogP contribution in [0.1, 0.15) is 72.8 Å². The molecular weight excluding hydrogens is 495 g/mol. The number of anilines is 1. The molecule has 36 heavy (non-hydrogen) atoms. The van der Waals surface area contributed by atoms with E-state index in [2.05, 4.69) is 20.6 Å². The molecule has 1 aliphatic rings. The third kappa shape index (κ3) is 6.73. The number of nitrogens with one attached hydrogen (secondary N) is 2. The second-order valence-corrected chi connectivity index (χ2v) is 10.8. The molecule has 0 saturated carbocycles. The first kappa shape index (κ1) is 27.9. The number of aryl methyl sites for hydroxylation is 1. The smallest absolute Gasteiger partial charge is 0.389 e. The highest BCUT2D eigenvalue weighted by molar-refractivity contribution is 7.17. The van der Waals surface area contributed by atoms with Crippen LogP contribution in [0.3, 0.4) is 0 Å². The Balaban J connectivity index is 1.99. The number of hydrogen-bond donors (Lipinski definition) is 3. The molecule has 0 bridgehead atoms. The number of thiazole rings is 1. The Labute approximate surface area is 212 Å². The fourth-order valence-corrected chi connectivity index (χ4v) is 4.88. The third-order valence-electron chi connectivity index (χ3n) is 5.98. The molecule has 3 N–H and O–H groups in total. The molecule has 8 nitrogen and oxygen atoms in total. The van der Waals surface area contributed by atoms with E-state index >= 15 is 0 Å². The summed E-state index contributed by atoms with van der Waals surface area (Å²) in [6.45, 7) is 8.34. The molecule has 0 radical (unpaired) electrons. The van der Waals surface area contributed by atoms with Gasteiger partial charge in [-0.25, -0.2) is 9.97 Å². The van der Waals surface area contributed by atoms with Gasteiger partial charge in [-0.1, -0.05) is 0 Å². The molecule has 2 aromatic heterocycles. The van der Waals surface area contributed by atoms with Crippen LogP contribution in [0, 0.1) is 6.92 Å². The molecule has 3 heterocycles. The van der Waals surface area contributed by atoms with Gasteiger partial charge in [-0.15, -0.1) is 11.3 Å². The highest BCUT2D eigenvalue weighted by Crippen LogP contribution is 2.35. The van der Waals surface area contributed by atoms with Crippen LogP contribution in [-0.2, 0) is 0 Å². The molecule has 2 aromatic rings. The minimum absolute atomic E-state index is 0.00841. The number of halogens is 3. The maximum atomic E-state index is 13.5. The summed E-state index contributed by atoms with van der Waals surface area (Å²) in [4.78, 5) is 37.0. The minimum atomic E-state index is -4.43. The lowest BCUT2D eigenvalue weighted by molar-refractivity contribution is -0.138. The predicted molar refractivity (Wildman–Crippen MR) is 132 cm³/mol. The highest BCUT2D eigenvalue weighted by atomic mass is 32.1. The fourth-order valence-electron chi connectivity index (χ4n) is 3.83. The summed E-state index contributed by atoms with van der Waals surface area (Å²) in [7, 11) is 0. The number of aliphatic hydroxyl groups is 1. The van der Waals surface area contributed by atoms with Gasteiger partial charge in [0.2, 0.25) is 0 Å². The lowest BCUT2D eigenvalue weighted by Crippen LogP contribution is -2.42. The van der Waals surface area contributed by atoms with Crippen LogP contribution in [0.25, 0.3) is 10.4 Å². The van der Waals surface area contributed by atoms with E-state index in [0.717, 1.165) is 37.5 Å². The van der Waals surface area contributed by atoms with E-state index in [-0.39, 0.29) is 35.0 Å². The van der Waals surface area contributed by atoms with Crippen molar-refractivity contribution in [2.24, 2.45) is 0 Å². The third-order valence-corrected chi connectivity index (χ3v) is 7.07. The highest BCUT2D eigenvalue weighted by Gasteiger charge is 2.36. The summed E-state index contributed by atoms with van der Waals surface area (Å²) < 4.78 is 38.9. The monoisotopic (exact) mass is 527 g/mol. The molecule has 1 aliphatic heterocycles. The number of hydrogen-bond acceptors (Lipinski definition) is 7. The summed E-state index contributed by atoms with van der Waals surface area (Å²) in [6.07, 6.45) is -0.284. The van der Waals surface area contributed by atoms with Gasteiger partial charge in [0.25, 0.3) is 11.8 Å². The lowest BCUT2D eigenvalue weighted by atomic mass is 10.0. The fraction of sp³-hybridized carbons (Fsp3) is 0.583. The zero-order valence-electron chi connectivity index (χ0n) is 21.0. The van der Waals surface area contributed by atoms with Crippen molar-refractivity contribution in [3.63, 3.8) is 0 Å². The van der Waals surface area contributed by atoms with Crippen molar-refractivity contribution < 1.29 is 27.9 Å². The van der Waals surface area contributed by atoms with E-state index < -0.39 is 23.7 Å². The number of amides is 2. The Morgan fingerprint density at radius 3 is 2.58 bits per heavy atom. The molecule has 0 aliphatic carbocycles. The number of aromatic nitrogens is 2. The minimum Gasteiger partial charge on any atom is -0.389 e. The van der Waals surface area contributed by atoms with Crippen molar-refractivity contribution in [2.75, 3.05) is 18.4 Å². The molecule has 1 fully saturated rings. The molecule has 0 spiro atoms. The number of piperidine rings is 1. The van der Waals surface area contributed by atoms with Crippen LogP contribution < -0.4 is 10.6 Å². The van der Waals surface area contributed by atoms with E-state index in [1.54, 1.807) is 25.7 Å². The van der Waals surface area contributed by atoms with Crippen molar-refractivity contribution in [2.45, 2.75) is 77.7 Å². The van der Waals surface area contributed by atoms with E-state index in [4.69, 9.17) is 0 Å². The van der Waals surface area contributed by atoms with Crippen LogP contribution in [0.2, 0.25) is 0 Å². The summed E-state index contributed by atoms with van der Waals surface area (Å²) >= 11 is 1.01. The zero-order chi connectivity index (χ0) is 26.8. The Morgan fingerprint density at radius 1 is 1.31 bits per heavy atom. The van der Waals surface area contributed by atoms with Crippen molar-refractivity contribution in [1.29, 1.82) is 0 Å². The molecule has 198 valence electrons. The Hall–Kier alpha value is -2.73. The van der Waals surface area contributed by atoms with Gasteiger partial charge < -0.3 is 20.6 Å². The maximum absolute atomic E-state index is 13.5. The summed E-state index contributed by atoms with van der Waals surface area (Å²) in [5.74, 6) is -0.787. The van der Waals surface area contributed by atoms with Crippen molar-refractivity contribution in [3.8, 4) is 10.4 Å². The van der Waals surface area contributed by atoms with Crippen LogP contribution in [-0.4, -0.2) is 68.7 Å². The van der Waals surface area contributed by atoms with Gasteiger partial charge in [0.05, 0.1) is 10.5 Å². The number of rotatable bonds is 7. The SMILES string of the molecule is Cc1cc(N[C@H](C)C(F)(F)F)ncc1-c1sc(C(=O)NCC(C)(C)O)nc1C(=O)N1CCCC[C@@H]1C. The van der Waals surface area contributed by atoms with Crippen molar-refractivity contribution in [3.05, 3.63) is 28.5 Å². The van der Waals surface area contributed by atoms with Crippen LogP contribution >= 0.6 is 11.3 Å². The van der Waals surface area contributed by atoms with Gasteiger partial charge in [0, 0.05) is 30.9 Å². The average Bonchev–Trinajstić information content (AvgIpc) is 3.21. The average molecular weight is 528 g/mol. The predicted octanol–water partition coefficient (Wildman–Crippen LogP) is 4.39. The second kappa shape index (κ2) is 10.7. The largest absolute Gasteiger partial charge is 0.408 e. The van der Waals surface area contributed by atoms with Gasteiger partial charge in [-0.05, 0) is 65.5 Å². The Bertz CT molecular complexity index is 1110. The van der Waals surface area contributed by atoms with Crippen LogP contribution in [0.5, 0.6) is 0 Å². The number of likely N-dealkylation sites (tertiary alicyclic amines) is 1. The molecular formula is C24H32F3N5O3S.